The van der Waals surface area contributed by atoms with Crippen LogP contribution in [0.4, 0.5) is 4.79 Å². The van der Waals surface area contributed by atoms with E-state index in [0.717, 1.165) is 12.8 Å². The van der Waals surface area contributed by atoms with Gasteiger partial charge in [-0.3, -0.25) is 19.2 Å². The van der Waals surface area contributed by atoms with Crippen LogP contribution in [0.2, 0.25) is 0 Å². The summed E-state index contributed by atoms with van der Waals surface area (Å²) in [6.07, 6.45) is 3.17. The predicted molar refractivity (Wildman–Crippen MR) is 184 cm³/mol. The average molecular weight is 727 g/mol. The van der Waals surface area contributed by atoms with Gasteiger partial charge < -0.3 is 50.1 Å². The Labute approximate surface area is 300 Å². The Hall–Kier alpha value is -3.03. The Morgan fingerprint density at radius 2 is 1.63 bits per heavy atom. The van der Waals surface area contributed by atoms with Crippen molar-refractivity contribution >= 4 is 29.5 Å². The summed E-state index contributed by atoms with van der Waals surface area (Å²) < 4.78 is 34.9. The second-order valence-electron chi connectivity index (χ2n) is 13.8. The summed E-state index contributed by atoms with van der Waals surface area (Å²) in [6, 6.07) is -0.889. The van der Waals surface area contributed by atoms with Crippen LogP contribution in [0.3, 0.4) is 0 Å². The number of ketones is 2. The number of rotatable bonds is 24. The number of allylic oxidation sites excluding steroid dienone is 1. The van der Waals surface area contributed by atoms with Crippen LogP contribution in [0.15, 0.2) is 11.6 Å². The highest BCUT2D eigenvalue weighted by molar-refractivity contribution is 6.40. The first-order valence-electron chi connectivity index (χ1n) is 17.6. The number of ether oxygens (including phenoxy) is 6. The molecule has 2 heterocycles. The lowest BCUT2D eigenvalue weighted by Crippen LogP contribution is -2.56. The number of epoxide rings is 2. The van der Waals surface area contributed by atoms with Crippen LogP contribution in [-0.2, 0) is 47.6 Å². The summed E-state index contributed by atoms with van der Waals surface area (Å²) in [4.78, 5) is 60.5. The minimum atomic E-state index is -0.889. The van der Waals surface area contributed by atoms with E-state index in [9.17, 15) is 24.0 Å². The van der Waals surface area contributed by atoms with Gasteiger partial charge in [-0.2, -0.15) is 0 Å². The van der Waals surface area contributed by atoms with Crippen LogP contribution in [0.25, 0.3) is 0 Å². The average Bonchev–Trinajstić information content (AvgIpc) is 4.01. The monoisotopic (exact) mass is 726 g/mol. The largest absolute Gasteiger partial charge is 0.443 e. The van der Waals surface area contributed by atoms with E-state index in [1.807, 2.05) is 0 Å². The van der Waals surface area contributed by atoms with E-state index >= 15 is 0 Å². The molecule has 2 aliphatic heterocycles. The predicted octanol–water partition coefficient (Wildman–Crippen LogP) is -0.730. The van der Waals surface area contributed by atoms with Gasteiger partial charge in [-0.1, -0.05) is 25.5 Å². The van der Waals surface area contributed by atoms with Crippen molar-refractivity contribution < 1.29 is 52.4 Å². The minimum absolute atomic E-state index is 0.0505. The molecule has 3 fully saturated rings. The molecule has 3 rings (SSSR count). The maximum absolute atomic E-state index is 12.6. The van der Waals surface area contributed by atoms with Gasteiger partial charge in [0.2, 0.25) is 23.4 Å². The van der Waals surface area contributed by atoms with Crippen LogP contribution < -0.4 is 32.5 Å². The van der Waals surface area contributed by atoms with Crippen LogP contribution >= 0.6 is 0 Å². The number of carbonyl (C=O) groups excluding carboxylic acids is 5. The molecule has 0 radical (unpaired) electrons. The number of nitrogens with two attached hydrogens (primary N) is 1. The minimum Gasteiger partial charge on any atom is -0.443 e. The second-order valence-corrected chi connectivity index (χ2v) is 13.8. The van der Waals surface area contributed by atoms with Crippen molar-refractivity contribution in [3.05, 3.63) is 11.6 Å². The Bertz CT molecular complexity index is 1230. The Morgan fingerprint density at radius 1 is 0.961 bits per heavy atom. The molecule has 3 aliphatic rings. The molecule has 4 unspecified atom stereocenters. The molecule has 1 spiro atoms. The molecule has 0 aromatic carbocycles. The van der Waals surface area contributed by atoms with E-state index in [-0.39, 0.29) is 81.6 Å². The van der Waals surface area contributed by atoms with Gasteiger partial charge in [0.1, 0.15) is 23.4 Å². The lowest BCUT2D eigenvalue weighted by atomic mass is 9.68. The van der Waals surface area contributed by atoms with Crippen molar-refractivity contribution in [2.75, 3.05) is 72.9 Å². The van der Waals surface area contributed by atoms with E-state index in [1.165, 1.54) is 5.57 Å². The third kappa shape index (κ3) is 12.9. The fraction of sp³-hybridized carbons (Fsp3) is 0.794. The van der Waals surface area contributed by atoms with Gasteiger partial charge in [0.25, 0.3) is 0 Å². The number of alkyl carbamates (subject to hydrolysis) is 1. The summed E-state index contributed by atoms with van der Waals surface area (Å²) in [5.41, 5.74) is 11.1. The van der Waals surface area contributed by atoms with Crippen molar-refractivity contribution in [1.29, 1.82) is 0 Å². The zero-order chi connectivity index (χ0) is 37.6. The van der Waals surface area contributed by atoms with Crippen molar-refractivity contribution in [3.8, 4) is 0 Å². The fourth-order valence-corrected chi connectivity index (χ4v) is 6.41. The summed E-state index contributed by atoms with van der Waals surface area (Å²) in [6.45, 7) is 11.1. The standard InChI is InChI=1S/C34H58N6O11/c1-21(2)7-8-25-33(5,51-25)31-30(46-6)24(9-10-34(31)20-49-34)50-32(45)37-12-14-48-16-15-47-13-11-36-27(43)19-39-40-28(22(3)4)29(44)23(41)18-38-26(42)17-35/h7,22,24-25,28,30-31,39-40H,8-20,35H2,1-6H3,(H,36,43)(H,37,45)(H,38,42)/t24?,25-,28+,30?,31?,33?,34+/m1/s1. The molecular weight excluding hydrogens is 668 g/mol. The third-order valence-corrected chi connectivity index (χ3v) is 9.31. The van der Waals surface area contributed by atoms with E-state index in [0.29, 0.717) is 19.6 Å². The van der Waals surface area contributed by atoms with E-state index in [1.54, 1.807) is 21.0 Å². The van der Waals surface area contributed by atoms with Crippen molar-refractivity contribution in [2.24, 2.45) is 17.6 Å². The van der Waals surface area contributed by atoms with Gasteiger partial charge in [-0.25, -0.2) is 15.6 Å². The highest BCUT2D eigenvalue weighted by atomic mass is 16.6. The van der Waals surface area contributed by atoms with Crippen LogP contribution in [-0.4, -0.2) is 138 Å². The topological polar surface area (TPSA) is 234 Å². The quantitative estimate of drug-likeness (QED) is 0.0237. The SMILES string of the molecule is COC1C(OC(=O)NCCOCCOCCNC(=O)CNN[C@H](C(=O)C(=O)CNC(=O)CN)C(C)C)CC[C@]2(CO2)C1C1(C)O[C@@H]1CC=C(C)C. The zero-order valence-electron chi connectivity index (χ0n) is 30.8. The fourth-order valence-electron chi connectivity index (χ4n) is 6.41. The van der Waals surface area contributed by atoms with Gasteiger partial charge in [-0.05, 0) is 46.0 Å². The first-order valence-corrected chi connectivity index (χ1v) is 17.6. The molecule has 51 heavy (non-hydrogen) atoms. The number of hydrogen-bond donors (Lipinski definition) is 6. The first kappa shape index (κ1) is 42.4. The van der Waals surface area contributed by atoms with E-state index in [2.05, 4.69) is 53.6 Å². The molecule has 2 saturated heterocycles. The molecule has 7 atom stereocenters. The number of carbonyl (C=O) groups is 5. The van der Waals surface area contributed by atoms with Gasteiger partial charge in [-0.15, -0.1) is 0 Å². The van der Waals surface area contributed by atoms with Gasteiger partial charge in [0.15, 0.2) is 0 Å². The molecule has 0 aromatic rings. The Balaban J connectivity index is 1.22. The maximum atomic E-state index is 12.6. The number of methoxy groups -OCH3 is 1. The van der Waals surface area contributed by atoms with Crippen molar-refractivity contribution in [2.45, 2.75) is 89.4 Å². The van der Waals surface area contributed by atoms with Gasteiger partial charge >= 0.3 is 6.09 Å². The number of hydrazine groups is 1. The van der Waals surface area contributed by atoms with Crippen molar-refractivity contribution in [1.82, 2.24) is 26.8 Å². The summed E-state index contributed by atoms with van der Waals surface area (Å²) >= 11 is 0. The number of hydrogen-bond acceptors (Lipinski definition) is 14. The first-order chi connectivity index (χ1) is 24.3. The van der Waals surface area contributed by atoms with Crippen molar-refractivity contribution in [3.63, 3.8) is 0 Å². The number of nitrogens with one attached hydrogen (secondary N) is 5. The Morgan fingerprint density at radius 3 is 2.22 bits per heavy atom. The van der Waals surface area contributed by atoms with Crippen LogP contribution in [0.5, 0.6) is 0 Å². The molecule has 17 heteroatoms. The molecule has 1 saturated carbocycles. The second kappa shape index (κ2) is 20.3. The van der Waals surface area contributed by atoms with E-state index < -0.39 is 47.9 Å². The summed E-state index contributed by atoms with van der Waals surface area (Å²) in [5.74, 6) is -2.70. The van der Waals surface area contributed by atoms with E-state index in [4.69, 9.17) is 34.2 Å². The lowest BCUT2D eigenvalue weighted by Gasteiger charge is -2.42. The molecule has 17 nitrogen and oxygen atoms in total. The Kier molecular flexibility index (Phi) is 16.8. The molecule has 0 aromatic heterocycles. The molecular formula is C34H58N6O11. The molecule has 290 valence electrons. The maximum Gasteiger partial charge on any atom is 0.407 e. The molecule has 0 bridgehead atoms. The summed E-state index contributed by atoms with van der Waals surface area (Å²) in [5, 5.41) is 7.67. The van der Waals surface area contributed by atoms with Crippen LogP contribution in [0, 0.1) is 11.8 Å². The van der Waals surface area contributed by atoms with Gasteiger partial charge in [0, 0.05) is 20.2 Å². The molecule has 3 amide bonds. The third-order valence-electron chi connectivity index (χ3n) is 9.31. The van der Waals surface area contributed by atoms with Crippen LogP contribution in [0.1, 0.15) is 53.9 Å². The molecule has 1 aliphatic carbocycles. The smallest absolute Gasteiger partial charge is 0.407 e. The number of Topliss-reactive ketones (excluding diaryl/α,β-unsaturated/α-hetero) is 2. The highest BCUT2D eigenvalue weighted by Gasteiger charge is 2.72. The number of amides is 3. The lowest BCUT2D eigenvalue weighted by molar-refractivity contribution is -0.138. The molecule has 7 N–H and O–H groups in total. The summed E-state index contributed by atoms with van der Waals surface area (Å²) in [7, 11) is 1.64. The van der Waals surface area contributed by atoms with Gasteiger partial charge in [0.05, 0.1) is 70.7 Å². The zero-order valence-corrected chi connectivity index (χ0v) is 30.8. The highest BCUT2D eigenvalue weighted by Crippen LogP contribution is 2.59. The normalized spacial score (nSPS) is 27.0.